The fraction of sp³-hybridized carbons (Fsp3) is 0.350. The molecule has 0 unspecified atom stereocenters. The molecular formula is C20H21N5OS. The lowest BCUT2D eigenvalue weighted by molar-refractivity contribution is 0.333. The van der Waals surface area contributed by atoms with Crippen molar-refractivity contribution in [2.45, 2.75) is 25.8 Å². The van der Waals surface area contributed by atoms with E-state index in [9.17, 15) is 4.79 Å². The molecule has 1 N–H and O–H groups in total. The van der Waals surface area contributed by atoms with Crippen molar-refractivity contribution >= 4 is 32.3 Å². The molecule has 0 atom stereocenters. The molecule has 0 amide bonds. The van der Waals surface area contributed by atoms with Gasteiger partial charge < -0.3 is 5.32 Å². The van der Waals surface area contributed by atoms with Crippen molar-refractivity contribution in [3.8, 4) is 10.4 Å². The highest BCUT2D eigenvalue weighted by molar-refractivity contribution is 7.22. The van der Waals surface area contributed by atoms with Gasteiger partial charge in [-0.2, -0.15) is 10.2 Å². The number of aromatic nitrogens is 4. The summed E-state index contributed by atoms with van der Waals surface area (Å²) in [7, 11) is 1.94. The SMILES string of the molecule is Cc1cc(-c2cc3cnn(C4CCNCC4)c(=O)c3s2)cc2cn(C)nc12. The molecule has 0 spiro atoms. The van der Waals surface area contributed by atoms with E-state index in [2.05, 4.69) is 40.6 Å². The first-order valence-corrected chi connectivity index (χ1v) is 10.1. The van der Waals surface area contributed by atoms with Crippen LogP contribution < -0.4 is 10.9 Å². The van der Waals surface area contributed by atoms with Crippen LogP contribution in [0.15, 0.2) is 35.4 Å². The number of fused-ring (bicyclic) bond motifs is 2. The molecule has 0 aliphatic carbocycles. The van der Waals surface area contributed by atoms with Gasteiger partial charge >= 0.3 is 0 Å². The Labute approximate surface area is 160 Å². The monoisotopic (exact) mass is 379 g/mol. The molecular weight excluding hydrogens is 358 g/mol. The van der Waals surface area contributed by atoms with Crippen molar-refractivity contribution in [3.05, 3.63) is 46.5 Å². The number of hydrogen-bond donors (Lipinski definition) is 1. The second-order valence-corrected chi connectivity index (χ2v) is 8.36. The minimum absolute atomic E-state index is 0.0369. The molecule has 0 saturated carbocycles. The number of thiophene rings is 1. The molecule has 0 bridgehead atoms. The zero-order chi connectivity index (χ0) is 18.5. The van der Waals surface area contributed by atoms with Gasteiger partial charge in [0.05, 0.1) is 17.8 Å². The normalized spacial score (nSPS) is 15.8. The lowest BCUT2D eigenvalue weighted by Gasteiger charge is -2.23. The zero-order valence-electron chi connectivity index (χ0n) is 15.4. The minimum Gasteiger partial charge on any atom is -0.317 e. The third kappa shape index (κ3) is 2.78. The Morgan fingerprint density at radius 1 is 1.19 bits per heavy atom. The summed E-state index contributed by atoms with van der Waals surface area (Å²) in [6, 6.07) is 6.58. The van der Waals surface area contributed by atoms with Gasteiger partial charge in [0.2, 0.25) is 0 Å². The second-order valence-electron chi connectivity index (χ2n) is 7.30. The summed E-state index contributed by atoms with van der Waals surface area (Å²) in [5.74, 6) is 0. The summed E-state index contributed by atoms with van der Waals surface area (Å²) < 4.78 is 4.33. The van der Waals surface area contributed by atoms with E-state index >= 15 is 0 Å². The lowest BCUT2D eigenvalue weighted by atomic mass is 10.1. The van der Waals surface area contributed by atoms with Crippen LogP contribution in [0, 0.1) is 6.92 Å². The molecule has 1 saturated heterocycles. The fourth-order valence-corrected chi connectivity index (χ4v) is 5.03. The molecule has 138 valence electrons. The first kappa shape index (κ1) is 16.6. The summed E-state index contributed by atoms with van der Waals surface area (Å²) in [4.78, 5) is 14.1. The molecule has 7 heteroatoms. The minimum atomic E-state index is 0.0369. The molecule has 6 nitrogen and oxygen atoms in total. The second kappa shape index (κ2) is 6.28. The van der Waals surface area contributed by atoms with Crippen LogP contribution in [0.25, 0.3) is 31.4 Å². The summed E-state index contributed by atoms with van der Waals surface area (Å²) >= 11 is 1.56. The standard InChI is InChI=1S/C20H21N5OS/c1-12-7-13(8-15-11-24(2)23-18(12)15)17-9-14-10-22-25(20(26)19(14)27-17)16-3-5-21-6-4-16/h7-11,16,21H,3-6H2,1-2H3. The molecule has 1 aliphatic rings. The van der Waals surface area contributed by atoms with Gasteiger partial charge in [-0.25, -0.2) is 4.68 Å². The van der Waals surface area contributed by atoms with Crippen molar-refractivity contribution in [2.24, 2.45) is 7.05 Å². The van der Waals surface area contributed by atoms with Crippen molar-refractivity contribution < 1.29 is 0 Å². The van der Waals surface area contributed by atoms with E-state index in [4.69, 9.17) is 0 Å². The maximum absolute atomic E-state index is 13.0. The number of nitrogens with zero attached hydrogens (tertiary/aromatic N) is 4. The van der Waals surface area contributed by atoms with Gasteiger partial charge in [-0.3, -0.25) is 9.48 Å². The van der Waals surface area contributed by atoms with Crippen LogP contribution in [-0.2, 0) is 7.05 Å². The Morgan fingerprint density at radius 2 is 2.00 bits per heavy atom. The number of aryl methyl sites for hydroxylation is 2. The predicted molar refractivity (Wildman–Crippen MR) is 109 cm³/mol. The van der Waals surface area contributed by atoms with E-state index < -0.39 is 0 Å². The Hall–Kier alpha value is -2.51. The first-order valence-electron chi connectivity index (χ1n) is 9.26. The molecule has 1 fully saturated rings. The Bertz CT molecular complexity index is 1210. The Morgan fingerprint density at radius 3 is 2.81 bits per heavy atom. The molecule has 4 heterocycles. The van der Waals surface area contributed by atoms with Crippen LogP contribution >= 0.6 is 11.3 Å². The molecule has 1 aliphatic heterocycles. The molecule has 1 aromatic carbocycles. The van der Waals surface area contributed by atoms with E-state index in [-0.39, 0.29) is 11.6 Å². The summed E-state index contributed by atoms with van der Waals surface area (Å²) in [6.07, 6.45) is 5.78. The largest absolute Gasteiger partial charge is 0.317 e. The van der Waals surface area contributed by atoms with Crippen LogP contribution in [0.5, 0.6) is 0 Å². The predicted octanol–water partition coefficient (Wildman–Crippen LogP) is 3.24. The Balaban J connectivity index is 1.62. The van der Waals surface area contributed by atoms with Gasteiger partial charge in [0.15, 0.2) is 0 Å². The number of hydrogen-bond acceptors (Lipinski definition) is 5. The molecule has 0 radical (unpaired) electrons. The maximum Gasteiger partial charge on any atom is 0.284 e. The summed E-state index contributed by atoms with van der Waals surface area (Å²) in [5, 5.41) is 14.4. The Kier molecular flexibility index (Phi) is 3.87. The number of benzene rings is 1. The molecule has 27 heavy (non-hydrogen) atoms. The van der Waals surface area contributed by atoms with Crippen LogP contribution in [0.4, 0.5) is 0 Å². The van der Waals surface area contributed by atoms with Gasteiger partial charge in [0, 0.05) is 28.9 Å². The number of nitrogens with one attached hydrogen (secondary N) is 1. The van der Waals surface area contributed by atoms with E-state index in [1.54, 1.807) is 16.0 Å². The maximum atomic E-state index is 13.0. The van der Waals surface area contributed by atoms with Crippen LogP contribution in [0.1, 0.15) is 24.4 Å². The molecule has 5 rings (SSSR count). The number of rotatable bonds is 2. The average Bonchev–Trinajstić information content (AvgIpc) is 3.26. The third-order valence-electron chi connectivity index (χ3n) is 5.34. The van der Waals surface area contributed by atoms with E-state index in [1.165, 1.54) is 0 Å². The van der Waals surface area contributed by atoms with E-state index in [0.29, 0.717) is 0 Å². The number of piperidine rings is 1. The van der Waals surface area contributed by atoms with Crippen LogP contribution in [0.2, 0.25) is 0 Å². The van der Waals surface area contributed by atoms with Crippen molar-refractivity contribution in [1.82, 2.24) is 24.9 Å². The summed E-state index contributed by atoms with van der Waals surface area (Å²) in [6.45, 7) is 3.96. The van der Waals surface area contributed by atoms with Crippen LogP contribution in [0.3, 0.4) is 0 Å². The van der Waals surface area contributed by atoms with Gasteiger partial charge in [0.25, 0.3) is 5.56 Å². The van der Waals surface area contributed by atoms with Crippen molar-refractivity contribution in [2.75, 3.05) is 13.1 Å². The van der Waals surface area contributed by atoms with Gasteiger partial charge in [-0.15, -0.1) is 11.3 Å². The highest BCUT2D eigenvalue weighted by atomic mass is 32.1. The summed E-state index contributed by atoms with van der Waals surface area (Å²) in [5.41, 5.74) is 3.33. The molecule has 3 aromatic heterocycles. The smallest absolute Gasteiger partial charge is 0.284 e. The van der Waals surface area contributed by atoms with Crippen molar-refractivity contribution in [1.29, 1.82) is 0 Å². The van der Waals surface area contributed by atoms with Crippen molar-refractivity contribution in [3.63, 3.8) is 0 Å². The van der Waals surface area contributed by atoms with Gasteiger partial charge in [-0.05, 0) is 62.2 Å². The first-order chi connectivity index (χ1) is 13.1. The van der Waals surface area contributed by atoms with E-state index in [1.807, 2.05) is 24.1 Å². The quantitative estimate of drug-likeness (QED) is 0.581. The van der Waals surface area contributed by atoms with Gasteiger partial charge in [-0.1, -0.05) is 0 Å². The molecule has 4 aromatic rings. The average molecular weight is 379 g/mol. The fourth-order valence-electron chi connectivity index (χ4n) is 3.97. The lowest BCUT2D eigenvalue weighted by Crippen LogP contribution is -2.35. The highest BCUT2D eigenvalue weighted by Crippen LogP contribution is 2.34. The van der Waals surface area contributed by atoms with Gasteiger partial charge in [0.1, 0.15) is 4.70 Å². The van der Waals surface area contributed by atoms with E-state index in [0.717, 1.165) is 62.9 Å². The third-order valence-corrected chi connectivity index (χ3v) is 6.52. The topological polar surface area (TPSA) is 64.7 Å². The highest BCUT2D eigenvalue weighted by Gasteiger charge is 2.19. The zero-order valence-corrected chi connectivity index (χ0v) is 16.2. The van der Waals surface area contributed by atoms with Crippen LogP contribution in [-0.4, -0.2) is 32.7 Å².